The molecule has 1 atom stereocenters. The van der Waals surface area contributed by atoms with Gasteiger partial charge >= 0.3 is 0 Å². The van der Waals surface area contributed by atoms with Gasteiger partial charge < -0.3 is 9.80 Å². The van der Waals surface area contributed by atoms with Crippen molar-refractivity contribution in [2.24, 2.45) is 0 Å². The van der Waals surface area contributed by atoms with Crippen LogP contribution in [0.25, 0.3) is 0 Å². The maximum absolute atomic E-state index is 9.12. The van der Waals surface area contributed by atoms with Crippen LogP contribution in [-0.4, -0.2) is 29.1 Å². The number of nitriles is 1. The normalized spacial score (nSPS) is 18.0. The third kappa shape index (κ3) is 2.93. The first-order valence-electron chi connectivity index (χ1n) is 9.69. The number of benzene rings is 1. The van der Waals surface area contributed by atoms with Gasteiger partial charge in [-0.25, -0.2) is 9.97 Å². The second-order valence-corrected chi connectivity index (χ2v) is 7.78. The van der Waals surface area contributed by atoms with Crippen molar-refractivity contribution in [3.8, 4) is 6.07 Å². The Kier molecular flexibility index (Phi) is 4.69. The lowest BCUT2D eigenvalue weighted by Crippen LogP contribution is -2.34. The first-order valence-corrected chi connectivity index (χ1v) is 10.1. The summed E-state index contributed by atoms with van der Waals surface area (Å²) in [6.45, 7) is 8.36. The van der Waals surface area contributed by atoms with Gasteiger partial charge in [0.15, 0.2) is 0 Å². The zero-order valence-electron chi connectivity index (χ0n) is 16.0. The molecular formula is C21H24ClN5. The molecule has 140 valence electrons. The summed E-state index contributed by atoms with van der Waals surface area (Å²) in [7, 11) is 0. The third-order valence-electron chi connectivity index (χ3n) is 5.82. The molecule has 2 aliphatic rings. The Morgan fingerprint density at radius 2 is 2.00 bits per heavy atom. The van der Waals surface area contributed by atoms with Gasteiger partial charge in [0.05, 0.1) is 22.3 Å². The van der Waals surface area contributed by atoms with Gasteiger partial charge in [-0.1, -0.05) is 25.4 Å². The van der Waals surface area contributed by atoms with E-state index in [4.69, 9.17) is 26.8 Å². The molecule has 2 aromatic rings. The molecule has 0 saturated carbocycles. The van der Waals surface area contributed by atoms with Crippen LogP contribution in [0.2, 0.25) is 5.02 Å². The average molecular weight is 382 g/mol. The maximum atomic E-state index is 9.12. The van der Waals surface area contributed by atoms with Crippen molar-refractivity contribution >= 4 is 28.9 Å². The molecule has 0 radical (unpaired) electrons. The zero-order chi connectivity index (χ0) is 19.1. The number of rotatable bonds is 4. The summed E-state index contributed by atoms with van der Waals surface area (Å²) in [5, 5.41) is 9.71. The van der Waals surface area contributed by atoms with Gasteiger partial charge in [0.25, 0.3) is 0 Å². The number of nitrogens with zero attached hydrogens (tertiary/aromatic N) is 5. The van der Waals surface area contributed by atoms with Crippen molar-refractivity contribution in [2.45, 2.75) is 52.0 Å². The third-order valence-corrected chi connectivity index (χ3v) is 6.13. The number of hydrogen-bond acceptors (Lipinski definition) is 5. The van der Waals surface area contributed by atoms with Gasteiger partial charge in [-0.15, -0.1) is 0 Å². The number of aromatic nitrogens is 2. The zero-order valence-corrected chi connectivity index (χ0v) is 16.8. The van der Waals surface area contributed by atoms with Crippen LogP contribution in [0.1, 0.15) is 56.0 Å². The van der Waals surface area contributed by atoms with Gasteiger partial charge in [0.2, 0.25) is 0 Å². The van der Waals surface area contributed by atoms with Gasteiger partial charge in [-0.05, 0) is 44.4 Å². The molecule has 0 spiro atoms. The molecule has 6 heteroatoms. The van der Waals surface area contributed by atoms with Crippen molar-refractivity contribution in [1.29, 1.82) is 5.26 Å². The standard InChI is InChI=1S/C21H24ClN5/c1-4-16(5-2)27-12-15-8-9-26(18-7-6-14(11-23)10-17(18)22)20-19(15)21(27)25-13(3)24-20/h6-7,10,15-16H,4-5,8-9,12H2,1-3H3. The number of aryl methyl sites for hydroxylation is 1. The number of halogens is 1. The van der Waals surface area contributed by atoms with Crippen molar-refractivity contribution in [2.75, 3.05) is 22.9 Å². The molecule has 5 nitrogen and oxygen atoms in total. The van der Waals surface area contributed by atoms with E-state index in [9.17, 15) is 0 Å². The van der Waals surface area contributed by atoms with E-state index < -0.39 is 0 Å². The summed E-state index contributed by atoms with van der Waals surface area (Å²) in [4.78, 5) is 14.3. The SMILES string of the molecule is CCC(CC)N1CC2CCN(c3ccc(C#N)cc3Cl)c3nc(C)nc1c32. The van der Waals surface area contributed by atoms with Crippen molar-refractivity contribution in [1.82, 2.24) is 9.97 Å². The van der Waals surface area contributed by atoms with E-state index >= 15 is 0 Å². The molecule has 1 aromatic heterocycles. The highest BCUT2D eigenvalue weighted by molar-refractivity contribution is 6.33. The van der Waals surface area contributed by atoms with Crippen LogP contribution in [0.3, 0.4) is 0 Å². The molecule has 0 amide bonds. The Balaban J connectivity index is 1.82. The summed E-state index contributed by atoms with van der Waals surface area (Å²) < 4.78 is 0. The van der Waals surface area contributed by atoms with E-state index in [1.807, 2.05) is 19.1 Å². The summed E-state index contributed by atoms with van der Waals surface area (Å²) >= 11 is 6.52. The summed E-state index contributed by atoms with van der Waals surface area (Å²) in [6.07, 6.45) is 3.29. The van der Waals surface area contributed by atoms with E-state index in [0.717, 1.165) is 55.5 Å². The Morgan fingerprint density at radius 3 is 2.67 bits per heavy atom. The van der Waals surface area contributed by atoms with Gasteiger partial charge in [0.1, 0.15) is 17.5 Å². The molecule has 27 heavy (non-hydrogen) atoms. The Morgan fingerprint density at radius 1 is 1.26 bits per heavy atom. The summed E-state index contributed by atoms with van der Waals surface area (Å²) in [6, 6.07) is 8.14. The highest BCUT2D eigenvalue weighted by Crippen LogP contribution is 2.49. The molecule has 2 aliphatic heterocycles. The minimum Gasteiger partial charge on any atom is -0.353 e. The largest absolute Gasteiger partial charge is 0.353 e. The van der Waals surface area contributed by atoms with Crippen LogP contribution < -0.4 is 9.80 Å². The number of anilines is 3. The average Bonchev–Trinajstić information content (AvgIpc) is 3.03. The maximum Gasteiger partial charge on any atom is 0.142 e. The Hall–Kier alpha value is -2.32. The van der Waals surface area contributed by atoms with Gasteiger partial charge in [0, 0.05) is 30.6 Å². The topological polar surface area (TPSA) is 56.0 Å². The van der Waals surface area contributed by atoms with Crippen molar-refractivity contribution < 1.29 is 0 Å². The first kappa shape index (κ1) is 18.1. The lowest BCUT2D eigenvalue weighted by Gasteiger charge is -2.32. The van der Waals surface area contributed by atoms with Crippen LogP contribution in [0, 0.1) is 18.3 Å². The fraction of sp³-hybridized carbons (Fsp3) is 0.476. The minimum absolute atomic E-state index is 0.476. The van der Waals surface area contributed by atoms with Crippen LogP contribution in [0.5, 0.6) is 0 Å². The van der Waals surface area contributed by atoms with Crippen LogP contribution >= 0.6 is 11.6 Å². The summed E-state index contributed by atoms with van der Waals surface area (Å²) in [5.41, 5.74) is 2.75. The lowest BCUT2D eigenvalue weighted by molar-refractivity contribution is 0.533. The molecule has 0 fully saturated rings. The van der Waals surface area contributed by atoms with E-state index in [2.05, 4.69) is 29.7 Å². The molecule has 0 bridgehead atoms. The molecule has 3 heterocycles. The van der Waals surface area contributed by atoms with E-state index in [-0.39, 0.29) is 0 Å². The predicted molar refractivity (Wildman–Crippen MR) is 109 cm³/mol. The van der Waals surface area contributed by atoms with Gasteiger partial charge in [-0.3, -0.25) is 0 Å². The fourth-order valence-corrected chi connectivity index (χ4v) is 4.75. The second kappa shape index (κ2) is 7.01. The fourth-order valence-electron chi connectivity index (χ4n) is 4.46. The Bertz CT molecular complexity index is 916. The molecule has 4 rings (SSSR count). The second-order valence-electron chi connectivity index (χ2n) is 7.37. The van der Waals surface area contributed by atoms with E-state index in [1.165, 1.54) is 5.56 Å². The molecule has 0 N–H and O–H groups in total. The van der Waals surface area contributed by atoms with Crippen LogP contribution in [0.15, 0.2) is 18.2 Å². The minimum atomic E-state index is 0.476. The highest BCUT2D eigenvalue weighted by Gasteiger charge is 2.40. The van der Waals surface area contributed by atoms with Gasteiger partial charge in [-0.2, -0.15) is 5.26 Å². The molecule has 1 aromatic carbocycles. The first-order chi connectivity index (χ1) is 13.1. The molecule has 0 aliphatic carbocycles. The highest BCUT2D eigenvalue weighted by atomic mass is 35.5. The van der Waals surface area contributed by atoms with Crippen molar-refractivity contribution in [3.63, 3.8) is 0 Å². The Labute approximate surface area is 165 Å². The summed E-state index contributed by atoms with van der Waals surface area (Å²) in [5.74, 6) is 3.35. The van der Waals surface area contributed by atoms with Crippen molar-refractivity contribution in [3.05, 3.63) is 40.2 Å². The molecule has 1 unspecified atom stereocenters. The monoisotopic (exact) mass is 381 g/mol. The van der Waals surface area contributed by atoms with Crippen LogP contribution in [0.4, 0.5) is 17.3 Å². The quantitative estimate of drug-likeness (QED) is 0.750. The molecular weight excluding hydrogens is 358 g/mol. The molecule has 0 saturated heterocycles. The predicted octanol–water partition coefficient (Wildman–Crippen LogP) is 4.94. The number of hydrogen-bond donors (Lipinski definition) is 0. The smallest absolute Gasteiger partial charge is 0.142 e. The van der Waals surface area contributed by atoms with E-state index in [0.29, 0.717) is 22.5 Å². The van der Waals surface area contributed by atoms with Crippen LogP contribution in [-0.2, 0) is 0 Å². The lowest BCUT2D eigenvalue weighted by atomic mass is 9.94. The van der Waals surface area contributed by atoms with E-state index in [1.54, 1.807) is 6.07 Å².